The maximum atomic E-state index is 12.3. The summed E-state index contributed by atoms with van der Waals surface area (Å²) in [6.07, 6.45) is 0. The largest absolute Gasteiger partial charge is 0.744 e. The van der Waals surface area contributed by atoms with Crippen molar-refractivity contribution in [1.82, 2.24) is 0 Å². The lowest BCUT2D eigenvalue weighted by molar-refractivity contribution is 0.461. The summed E-state index contributed by atoms with van der Waals surface area (Å²) < 4.78 is 64.0. The summed E-state index contributed by atoms with van der Waals surface area (Å²) in [5.74, 6) is -0.0640. The average Bonchev–Trinajstić information content (AvgIpc) is 2.35. The summed E-state index contributed by atoms with van der Waals surface area (Å²) in [5.41, 5.74) is 0. The monoisotopic (exact) mass is 691 g/mol. The van der Waals surface area contributed by atoms with Crippen LogP contribution in [0.1, 0.15) is 0 Å². The third-order valence-electron chi connectivity index (χ3n) is 2.53. The lowest BCUT2D eigenvalue weighted by Crippen LogP contribution is -2.12. The highest BCUT2D eigenvalue weighted by Gasteiger charge is 2.21. The van der Waals surface area contributed by atoms with E-state index in [0.29, 0.717) is 3.57 Å². The Kier molecular flexibility index (Phi) is 6.20. The van der Waals surface area contributed by atoms with Gasteiger partial charge in [-0.1, -0.05) is 12.1 Å². The van der Waals surface area contributed by atoms with Crippen molar-refractivity contribution in [2.75, 3.05) is 0 Å². The molecule has 0 unspecified atom stereocenters. The molecular formula is C12H6I3O6S2-. The number of hydrogen-bond donors (Lipinski definition) is 0. The van der Waals surface area contributed by atoms with Gasteiger partial charge in [-0.05, 0) is 92.0 Å². The second kappa shape index (κ2) is 7.27. The SMILES string of the molecule is O=S(=O)([O-])c1c(I)cc(OS(=O)(=O)c2ccccc2I)cc1I. The zero-order chi connectivity index (χ0) is 17.4. The summed E-state index contributed by atoms with van der Waals surface area (Å²) >= 11 is 5.17. The van der Waals surface area contributed by atoms with Crippen LogP contribution in [0.4, 0.5) is 0 Å². The highest BCUT2D eigenvalue weighted by Crippen LogP contribution is 2.31. The summed E-state index contributed by atoms with van der Waals surface area (Å²) in [6.45, 7) is 0. The molecule has 0 aliphatic carbocycles. The van der Waals surface area contributed by atoms with Crippen LogP contribution >= 0.6 is 67.8 Å². The molecule has 11 heteroatoms. The Morgan fingerprint density at radius 2 is 1.39 bits per heavy atom. The first-order valence-corrected chi connectivity index (χ1v) is 11.7. The van der Waals surface area contributed by atoms with E-state index in [-0.39, 0.29) is 17.8 Å². The number of halogens is 3. The minimum absolute atomic E-state index is 0.00568. The normalized spacial score (nSPS) is 12.2. The average molecular weight is 691 g/mol. The minimum Gasteiger partial charge on any atom is -0.744 e. The van der Waals surface area contributed by atoms with Crippen LogP contribution in [-0.4, -0.2) is 21.4 Å². The third-order valence-corrected chi connectivity index (χ3v) is 8.52. The summed E-state index contributed by atoms with van der Waals surface area (Å²) in [4.78, 5) is -0.385. The Morgan fingerprint density at radius 1 is 0.870 bits per heavy atom. The van der Waals surface area contributed by atoms with E-state index in [4.69, 9.17) is 4.18 Å². The molecule has 0 fully saturated rings. The van der Waals surface area contributed by atoms with E-state index in [9.17, 15) is 21.4 Å². The van der Waals surface area contributed by atoms with Gasteiger partial charge >= 0.3 is 10.1 Å². The predicted octanol–water partition coefficient (Wildman–Crippen LogP) is 3.17. The van der Waals surface area contributed by atoms with Gasteiger partial charge in [-0.2, -0.15) is 8.42 Å². The fourth-order valence-corrected chi connectivity index (χ4v) is 7.76. The standard InChI is InChI=1S/C12H7I3O6S2/c13-8-3-1-2-4-11(8)23(19,20)21-7-5-9(14)12(10(15)6-7)22(16,17)18/h1-6H,(H,16,17,18)/p-1. The fourth-order valence-electron chi connectivity index (χ4n) is 1.64. The van der Waals surface area contributed by atoms with E-state index >= 15 is 0 Å². The van der Waals surface area contributed by atoms with Crippen molar-refractivity contribution in [3.63, 3.8) is 0 Å². The summed E-state index contributed by atoms with van der Waals surface area (Å²) in [6, 6.07) is 8.68. The van der Waals surface area contributed by atoms with Gasteiger partial charge < -0.3 is 8.74 Å². The van der Waals surface area contributed by atoms with E-state index in [1.165, 1.54) is 18.2 Å². The molecule has 0 heterocycles. The first-order chi connectivity index (χ1) is 10.5. The van der Waals surface area contributed by atoms with Crippen molar-refractivity contribution in [3.05, 3.63) is 47.1 Å². The van der Waals surface area contributed by atoms with Crippen LogP contribution in [0.5, 0.6) is 5.75 Å². The molecule has 0 aliphatic rings. The maximum Gasteiger partial charge on any atom is 0.340 e. The second-order valence-electron chi connectivity index (χ2n) is 4.14. The minimum atomic E-state index is -4.65. The van der Waals surface area contributed by atoms with Crippen LogP contribution in [0.25, 0.3) is 0 Å². The van der Waals surface area contributed by atoms with Gasteiger partial charge in [0.15, 0.2) is 0 Å². The molecular weight excluding hydrogens is 685 g/mol. The molecule has 0 bridgehead atoms. The molecule has 0 saturated carbocycles. The Morgan fingerprint density at radius 3 is 1.87 bits per heavy atom. The zero-order valence-electron chi connectivity index (χ0n) is 10.9. The molecule has 2 rings (SSSR count). The van der Waals surface area contributed by atoms with Gasteiger partial charge in [0, 0.05) is 10.7 Å². The molecule has 0 aliphatic heterocycles. The Bertz CT molecular complexity index is 947. The quantitative estimate of drug-likeness (QED) is 0.278. The van der Waals surface area contributed by atoms with Crippen LogP contribution in [0.15, 0.2) is 46.2 Å². The van der Waals surface area contributed by atoms with Crippen LogP contribution in [0, 0.1) is 10.7 Å². The van der Waals surface area contributed by atoms with Gasteiger partial charge in [-0.3, -0.25) is 0 Å². The van der Waals surface area contributed by atoms with Crippen LogP contribution in [-0.2, 0) is 20.2 Å². The van der Waals surface area contributed by atoms with Gasteiger partial charge in [0.1, 0.15) is 20.8 Å². The van der Waals surface area contributed by atoms with E-state index in [1.54, 1.807) is 63.4 Å². The smallest absolute Gasteiger partial charge is 0.340 e. The molecule has 0 spiro atoms. The van der Waals surface area contributed by atoms with E-state index in [2.05, 4.69) is 0 Å². The van der Waals surface area contributed by atoms with Crippen molar-refractivity contribution < 1.29 is 25.6 Å². The lowest BCUT2D eigenvalue weighted by atomic mass is 10.3. The molecule has 0 saturated heterocycles. The molecule has 124 valence electrons. The van der Waals surface area contributed by atoms with Gasteiger partial charge in [-0.25, -0.2) is 8.42 Å². The van der Waals surface area contributed by atoms with Gasteiger partial charge in [0.2, 0.25) is 0 Å². The number of benzene rings is 2. The van der Waals surface area contributed by atoms with Gasteiger partial charge in [0.25, 0.3) is 0 Å². The van der Waals surface area contributed by atoms with Gasteiger partial charge in [0.05, 0.1) is 4.90 Å². The first-order valence-electron chi connectivity index (χ1n) is 5.66. The van der Waals surface area contributed by atoms with Crippen LogP contribution in [0.3, 0.4) is 0 Å². The predicted molar refractivity (Wildman–Crippen MR) is 107 cm³/mol. The van der Waals surface area contributed by atoms with Crippen molar-refractivity contribution in [2.45, 2.75) is 9.79 Å². The number of rotatable bonds is 4. The van der Waals surface area contributed by atoms with Crippen LogP contribution < -0.4 is 4.18 Å². The molecule has 23 heavy (non-hydrogen) atoms. The van der Waals surface area contributed by atoms with E-state index in [0.717, 1.165) is 0 Å². The third kappa shape index (κ3) is 4.68. The highest BCUT2D eigenvalue weighted by molar-refractivity contribution is 14.1. The topological polar surface area (TPSA) is 101 Å². The molecule has 0 radical (unpaired) electrons. The molecule has 2 aromatic rings. The second-order valence-corrected chi connectivity index (χ2v) is 10.5. The number of hydrogen-bond acceptors (Lipinski definition) is 6. The summed E-state index contributed by atoms with van der Waals surface area (Å²) in [5, 5.41) is 0. The van der Waals surface area contributed by atoms with Crippen molar-refractivity contribution in [3.8, 4) is 5.75 Å². The molecule has 0 atom stereocenters. The molecule has 0 aromatic heterocycles. The van der Waals surface area contributed by atoms with E-state index < -0.39 is 25.1 Å². The van der Waals surface area contributed by atoms with Crippen molar-refractivity contribution in [1.29, 1.82) is 0 Å². The molecule has 6 nitrogen and oxygen atoms in total. The maximum absolute atomic E-state index is 12.3. The first kappa shape index (κ1) is 19.6. The van der Waals surface area contributed by atoms with Crippen molar-refractivity contribution in [2.24, 2.45) is 0 Å². The van der Waals surface area contributed by atoms with Crippen LogP contribution in [0.2, 0.25) is 0 Å². The molecule has 2 aromatic carbocycles. The van der Waals surface area contributed by atoms with Crippen molar-refractivity contribution >= 4 is 88.0 Å². The molecule has 0 N–H and O–H groups in total. The zero-order valence-corrected chi connectivity index (χ0v) is 19.0. The summed E-state index contributed by atoms with van der Waals surface area (Å²) in [7, 11) is -8.72. The molecule has 0 amide bonds. The van der Waals surface area contributed by atoms with Gasteiger partial charge in [-0.15, -0.1) is 0 Å². The Balaban J connectivity index is 2.48. The van der Waals surface area contributed by atoms with E-state index in [1.807, 2.05) is 22.6 Å². The Hall–Kier alpha value is 0.290. The highest BCUT2D eigenvalue weighted by atomic mass is 127. The Labute approximate surface area is 174 Å². The fraction of sp³-hybridized carbons (Fsp3) is 0. The lowest BCUT2D eigenvalue weighted by Gasteiger charge is -2.14.